The van der Waals surface area contributed by atoms with Gasteiger partial charge in [0.25, 0.3) is 0 Å². The van der Waals surface area contributed by atoms with E-state index in [0.29, 0.717) is 0 Å². The maximum Gasteiger partial charge on any atom is 0.0944 e. The van der Waals surface area contributed by atoms with Crippen molar-refractivity contribution in [1.82, 2.24) is 10.4 Å². The number of hydrazine groups is 1. The number of thiazole rings is 1. The van der Waals surface area contributed by atoms with Crippen molar-refractivity contribution in [2.24, 2.45) is 5.84 Å². The first-order valence-corrected chi connectivity index (χ1v) is 5.51. The molecule has 0 amide bonds. The van der Waals surface area contributed by atoms with Crippen LogP contribution in [0.1, 0.15) is 24.0 Å². The van der Waals surface area contributed by atoms with Crippen molar-refractivity contribution in [3.8, 4) is 0 Å². The lowest BCUT2D eigenvalue weighted by Gasteiger charge is -2.13. The highest BCUT2D eigenvalue weighted by Gasteiger charge is 2.09. The summed E-state index contributed by atoms with van der Waals surface area (Å²) in [5.41, 5.74) is 5.02. The van der Waals surface area contributed by atoms with Gasteiger partial charge in [0.15, 0.2) is 0 Å². The van der Waals surface area contributed by atoms with Gasteiger partial charge in [-0.3, -0.25) is 11.3 Å². The minimum atomic E-state index is 0.248. The molecule has 0 fully saturated rings. The molecule has 0 aliphatic rings. The van der Waals surface area contributed by atoms with Crippen LogP contribution in [0.3, 0.4) is 0 Å². The Bertz CT molecular complexity index is 306. The van der Waals surface area contributed by atoms with E-state index in [1.54, 1.807) is 11.3 Å². The molecule has 1 atom stereocenters. The highest BCUT2D eigenvalue weighted by Crippen LogP contribution is 2.13. The number of rotatable bonds is 5. The Labute approximate surface area is 89.0 Å². The lowest BCUT2D eigenvalue weighted by molar-refractivity contribution is 0.520. The Morgan fingerprint density at radius 1 is 1.79 bits per heavy atom. The number of aryl methyl sites for hydroxylation is 1. The zero-order chi connectivity index (χ0) is 10.6. The summed E-state index contributed by atoms with van der Waals surface area (Å²) in [7, 11) is 0. The molecule has 78 valence electrons. The van der Waals surface area contributed by atoms with Crippen molar-refractivity contribution < 1.29 is 0 Å². The number of nitrogens with zero attached hydrogens (tertiary/aromatic N) is 1. The Kier molecular flexibility index (Phi) is 4.25. The molecule has 1 aromatic heterocycles. The molecule has 0 saturated carbocycles. The minimum Gasteiger partial charge on any atom is -0.271 e. The van der Waals surface area contributed by atoms with Gasteiger partial charge in [0.05, 0.1) is 5.01 Å². The summed E-state index contributed by atoms with van der Waals surface area (Å²) in [4.78, 5) is 4.40. The summed E-state index contributed by atoms with van der Waals surface area (Å²) in [6, 6.07) is 0.248. The van der Waals surface area contributed by atoms with Crippen LogP contribution in [0.5, 0.6) is 0 Å². The third kappa shape index (κ3) is 3.57. The van der Waals surface area contributed by atoms with Crippen LogP contribution in [0.25, 0.3) is 0 Å². The van der Waals surface area contributed by atoms with Crippen LogP contribution >= 0.6 is 11.3 Å². The van der Waals surface area contributed by atoms with Crippen LogP contribution in [-0.4, -0.2) is 11.0 Å². The molecule has 0 bridgehead atoms. The van der Waals surface area contributed by atoms with Gasteiger partial charge in [0.1, 0.15) is 0 Å². The first-order chi connectivity index (χ1) is 6.61. The van der Waals surface area contributed by atoms with Gasteiger partial charge in [0.2, 0.25) is 0 Å². The van der Waals surface area contributed by atoms with Gasteiger partial charge in [-0.2, -0.15) is 0 Å². The van der Waals surface area contributed by atoms with Gasteiger partial charge in [-0.15, -0.1) is 17.9 Å². The largest absolute Gasteiger partial charge is 0.271 e. The van der Waals surface area contributed by atoms with Crippen LogP contribution in [-0.2, 0) is 6.42 Å². The summed E-state index contributed by atoms with van der Waals surface area (Å²) in [5.74, 6) is 5.46. The fourth-order valence-electron chi connectivity index (χ4n) is 1.32. The molecule has 0 saturated heterocycles. The number of nitrogens with two attached hydrogens (primary N) is 1. The predicted octanol–water partition coefficient (Wildman–Crippen LogP) is 1.79. The molecule has 1 aromatic rings. The molecule has 0 spiro atoms. The van der Waals surface area contributed by atoms with Crippen LogP contribution in [0.2, 0.25) is 0 Å². The van der Waals surface area contributed by atoms with E-state index in [0.717, 1.165) is 29.1 Å². The molecule has 1 heterocycles. The molecule has 1 unspecified atom stereocenters. The lowest BCUT2D eigenvalue weighted by atomic mass is 10.1. The number of aromatic nitrogens is 1. The second-order valence-electron chi connectivity index (χ2n) is 3.61. The number of hydrogen-bond donors (Lipinski definition) is 2. The van der Waals surface area contributed by atoms with Gasteiger partial charge in [-0.05, 0) is 20.3 Å². The fourth-order valence-corrected chi connectivity index (χ4v) is 2.17. The second-order valence-corrected chi connectivity index (χ2v) is 4.55. The third-order valence-corrected chi connectivity index (χ3v) is 2.91. The van der Waals surface area contributed by atoms with Crippen LogP contribution in [0.4, 0.5) is 0 Å². The van der Waals surface area contributed by atoms with E-state index in [2.05, 4.69) is 22.4 Å². The van der Waals surface area contributed by atoms with Crippen molar-refractivity contribution in [2.75, 3.05) is 0 Å². The summed E-state index contributed by atoms with van der Waals surface area (Å²) in [5, 5.41) is 3.19. The molecular weight excluding hydrogens is 194 g/mol. The summed E-state index contributed by atoms with van der Waals surface area (Å²) in [6.45, 7) is 7.89. The van der Waals surface area contributed by atoms with Crippen LogP contribution in [0, 0.1) is 6.92 Å². The molecule has 14 heavy (non-hydrogen) atoms. The van der Waals surface area contributed by atoms with Crippen molar-refractivity contribution in [1.29, 1.82) is 0 Å². The fraction of sp³-hybridized carbons (Fsp3) is 0.500. The number of nitrogens with one attached hydrogen (secondary N) is 1. The maximum absolute atomic E-state index is 5.46. The highest BCUT2D eigenvalue weighted by molar-refractivity contribution is 7.09. The van der Waals surface area contributed by atoms with Crippen LogP contribution < -0.4 is 11.3 Å². The van der Waals surface area contributed by atoms with E-state index in [-0.39, 0.29) is 6.04 Å². The molecule has 0 aliphatic heterocycles. The van der Waals surface area contributed by atoms with Crippen molar-refractivity contribution in [2.45, 2.75) is 32.7 Å². The Hall–Kier alpha value is -0.710. The van der Waals surface area contributed by atoms with Gasteiger partial charge in [-0.25, -0.2) is 4.98 Å². The average Bonchev–Trinajstić information content (AvgIpc) is 2.49. The van der Waals surface area contributed by atoms with E-state index in [9.17, 15) is 0 Å². The SMILES string of the molecule is C=C(C)CC(Cc1nc(C)cs1)NN. The predicted molar refractivity (Wildman–Crippen MR) is 61.1 cm³/mol. The summed E-state index contributed by atoms with van der Waals surface area (Å²) in [6.07, 6.45) is 1.77. The topological polar surface area (TPSA) is 50.9 Å². The first kappa shape index (κ1) is 11.4. The van der Waals surface area contributed by atoms with Gasteiger partial charge in [0, 0.05) is 23.5 Å². The quantitative estimate of drug-likeness (QED) is 0.443. The van der Waals surface area contributed by atoms with Gasteiger partial charge in [-0.1, -0.05) is 5.57 Å². The molecule has 3 nitrogen and oxygen atoms in total. The Morgan fingerprint density at radius 2 is 2.50 bits per heavy atom. The van der Waals surface area contributed by atoms with E-state index in [4.69, 9.17) is 5.84 Å². The minimum absolute atomic E-state index is 0.248. The average molecular weight is 211 g/mol. The van der Waals surface area contributed by atoms with E-state index >= 15 is 0 Å². The van der Waals surface area contributed by atoms with E-state index < -0.39 is 0 Å². The smallest absolute Gasteiger partial charge is 0.0944 e. The summed E-state index contributed by atoms with van der Waals surface area (Å²) >= 11 is 1.68. The number of hydrogen-bond acceptors (Lipinski definition) is 4. The maximum atomic E-state index is 5.46. The molecule has 0 aliphatic carbocycles. The van der Waals surface area contributed by atoms with Crippen molar-refractivity contribution in [3.05, 3.63) is 28.2 Å². The van der Waals surface area contributed by atoms with Gasteiger partial charge < -0.3 is 0 Å². The van der Waals surface area contributed by atoms with Crippen molar-refractivity contribution in [3.63, 3.8) is 0 Å². The summed E-state index contributed by atoms with van der Waals surface area (Å²) < 4.78 is 0. The van der Waals surface area contributed by atoms with Crippen LogP contribution in [0.15, 0.2) is 17.5 Å². The molecule has 3 N–H and O–H groups in total. The molecule has 0 aromatic carbocycles. The monoisotopic (exact) mass is 211 g/mol. The third-order valence-electron chi connectivity index (χ3n) is 1.92. The lowest BCUT2D eigenvalue weighted by Crippen LogP contribution is -2.36. The molecular formula is C10H17N3S. The standard InChI is InChI=1S/C10H17N3S/c1-7(2)4-9(13-11)5-10-12-8(3)6-14-10/h6,9,13H,1,4-5,11H2,2-3H3. The first-order valence-electron chi connectivity index (χ1n) is 4.63. The van der Waals surface area contributed by atoms with Gasteiger partial charge >= 0.3 is 0 Å². The molecule has 1 rings (SSSR count). The Morgan fingerprint density at radius 3 is 2.93 bits per heavy atom. The van der Waals surface area contributed by atoms with Crippen molar-refractivity contribution >= 4 is 11.3 Å². The highest BCUT2D eigenvalue weighted by atomic mass is 32.1. The normalized spacial score (nSPS) is 12.8. The van der Waals surface area contributed by atoms with E-state index in [1.165, 1.54) is 0 Å². The Balaban J connectivity index is 2.52. The molecule has 0 radical (unpaired) electrons. The van der Waals surface area contributed by atoms with E-state index in [1.807, 2.05) is 13.8 Å². The zero-order valence-electron chi connectivity index (χ0n) is 8.71. The zero-order valence-corrected chi connectivity index (χ0v) is 9.53. The molecule has 4 heteroatoms. The second kappa shape index (κ2) is 5.24.